The molecule has 2 aliphatic heterocycles. The van der Waals surface area contributed by atoms with Gasteiger partial charge in [-0.15, -0.1) is 34.2 Å². The lowest BCUT2D eigenvalue weighted by atomic mass is 10.1. The smallest absolute Gasteiger partial charge is 0.191 e. The summed E-state index contributed by atoms with van der Waals surface area (Å²) in [6.07, 6.45) is 8.15. The van der Waals surface area contributed by atoms with Crippen LogP contribution in [-0.2, 0) is 19.4 Å². The summed E-state index contributed by atoms with van der Waals surface area (Å²) in [6, 6.07) is 8.77. The number of aromatic nitrogens is 3. The molecular weight excluding hydrogens is 529 g/mol. The third-order valence-electron chi connectivity index (χ3n) is 6.60. The summed E-state index contributed by atoms with van der Waals surface area (Å²) in [5, 5.41) is 15.9. The first-order valence-electron chi connectivity index (χ1n) is 12.0. The maximum atomic E-state index is 5.34. The van der Waals surface area contributed by atoms with Gasteiger partial charge in [-0.2, -0.15) is 0 Å². The normalized spacial score (nSPS) is 17.6. The van der Waals surface area contributed by atoms with Gasteiger partial charge in [-0.25, -0.2) is 0 Å². The molecule has 2 N–H and O–H groups in total. The standard InChI is InChI=1S/C24H37N7O.HI/c1-25-24(26-14-13-23-29-28-22-8-4-3-5-17-31(22)23)27-18-21(30-15-6-7-16-30)19-9-11-20(32-2)12-10-19;/h9-12,21H,3-8,13-18H2,1-2H3,(H2,25,26,27);1H. The summed E-state index contributed by atoms with van der Waals surface area (Å²) in [6.45, 7) is 4.93. The Hall–Kier alpha value is -1.88. The third kappa shape index (κ3) is 6.81. The summed E-state index contributed by atoms with van der Waals surface area (Å²) in [4.78, 5) is 7.01. The zero-order valence-electron chi connectivity index (χ0n) is 19.9. The Morgan fingerprint density at radius 1 is 1.03 bits per heavy atom. The summed E-state index contributed by atoms with van der Waals surface area (Å²) in [7, 11) is 3.54. The second-order valence-corrected chi connectivity index (χ2v) is 8.66. The molecule has 1 unspecified atom stereocenters. The molecule has 0 radical (unpaired) electrons. The van der Waals surface area contributed by atoms with E-state index in [0.717, 1.165) is 68.9 Å². The van der Waals surface area contributed by atoms with Crippen molar-refractivity contribution in [3.05, 3.63) is 41.5 Å². The quantitative estimate of drug-likeness (QED) is 0.290. The van der Waals surface area contributed by atoms with Crippen LogP contribution in [0.25, 0.3) is 0 Å². The Bertz CT molecular complexity index is 877. The van der Waals surface area contributed by atoms with Crippen LogP contribution in [0.3, 0.4) is 0 Å². The molecule has 1 saturated heterocycles. The average Bonchev–Trinajstić information content (AvgIpc) is 3.43. The average molecular weight is 568 g/mol. The van der Waals surface area contributed by atoms with Gasteiger partial charge in [0.2, 0.25) is 0 Å². The van der Waals surface area contributed by atoms with Crippen molar-refractivity contribution >= 4 is 29.9 Å². The molecule has 9 heteroatoms. The number of aryl methyl sites for hydroxylation is 1. The number of hydrogen-bond acceptors (Lipinski definition) is 5. The highest BCUT2D eigenvalue weighted by Crippen LogP contribution is 2.26. The van der Waals surface area contributed by atoms with E-state index in [-0.39, 0.29) is 24.0 Å². The molecule has 33 heavy (non-hydrogen) atoms. The molecule has 8 nitrogen and oxygen atoms in total. The van der Waals surface area contributed by atoms with Crippen molar-refractivity contribution in [2.45, 2.75) is 57.5 Å². The number of ether oxygens (including phenoxy) is 1. The minimum atomic E-state index is 0. The third-order valence-corrected chi connectivity index (χ3v) is 6.60. The van der Waals surface area contributed by atoms with Crippen molar-refractivity contribution in [3.63, 3.8) is 0 Å². The second-order valence-electron chi connectivity index (χ2n) is 8.66. The number of halogens is 1. The monoisotopic (exact) mass is 567 g/mol. The van der Waals surface area contributed by atoms with Crippen LogP contribution >= 0.6 is 24.0 Å². The highest BCUT2D eigenvalue weighted by atomic mass is 127. The molecular formula is C24H38IN7O. The SMILES string of the molecule is CN=C(NCCc1nnc2n1CCCCC2)NCC(c1ccc(OC)cc1)N1CCCC1.I. The van der Waals surface area contributed by atoms with Gasteiger partial charge in [-0.1, -0.05) is 18.6 Å². The number of rotatable bonds is 8. The Kier molecular flexibility index (Phi) is 10.2. The molecule has 2 aliphatic rings. The van der Waals surface area contributed by atoms with E-state index in [4.69, 9.17) is 4.74 Å². The van der Waals surface area contributed by atoms with Gasteiger partial charge in [0.1, 0.15) is 17.4 Å². The molecule has 0 amide bonds. The highest BCUT2D eigenvalue weighted by Gasteiger charge is 2.24. The number of hydrogen-bond donors (Lipinski definition) is 2. The van der Waals surface area contributed by atoms with Crippen LogP contribution in [0, 0.1) is 0 Å². The van der Waals surface area contributed by atoms with Crippen molar-refractivity contribution in [2.75, 3.05) is 40.3 Å². The fourth-order valence-corrected chi connectivity index (χ4v) is 4.77. The molecule has 1 aromatic carbocycles. The zero-order chi connectivity index (χ0) is 22.2. The minimum Gasteiger partial charge on any atom is -0.497 e. The van der Waals surface area contributed by atoms with E-state index >= 15 is 0 Å². The molecule has 1 atom stereocenters. The van der Waals surface area contributed by atoms with Crippen LogP contribution in [-0.4, -0.2) is 66.0 Å². The Labute approximate surface area is 214 Å². The van der Waals surface area contributed by atoms with Crippen molar-refractivity contribution in [1.29, 1.82) is 0 Å². The maximum Gasteiger partial charge on any atom is 0.191 e. The second kappa shape index (κ2) is 13.1. The number of nitrogens with zero attached hydrogens (tertiary/aromatic N) is 5. The van der Waals surface area contributed by atoms with E-state index in [1.54, 1.807) is 7.11 Å². The van der Waals surface area contributed by atoms with Crippen LogP contribution < -0.4 is 15.4 Å². The fourth-order valence-electron chi connectivity index (χ4n) is 4.77. The van der Waals surface area contributed by atoms with Gasteiger partial charge in [0.15, 0.2) is 5.96 Å². The molecule has 0 bridgehead atoms. The van der Waals surface area contributed by atoms with Crippen LogP contribution in [0.15, 0.2) is 29.3 Å². The number of fused-ring (bicyclic) bond motifs is 1. The topological polar surface area (TPSA) is 79.6 Å². The van der Waals surface area contributed by atoms with E-state index in [1.807, 2.05) is 19.2 Å². The molecule has 1 fully saturated rings. The summed E-state index contributed by atoms with van der Waals surface area (Å²) >= 11 is 0. The predicted molar refractivity (Wildman–Crippen MR) is 143 cm³/mol. The first-order chi connectivity index (χ1) is 15.8. The molecule has 4 rings (SSSR count). The molecule has 2 aromatic rings. The van der Waals surface area contributed by atoms with Crippen LogP contribution in [0.2, 0.25) is 0 Å². The molecule has 0 aliphatic carbocycles. The van der Waals surface area contributed by atoms with Gasteiger partial charge < -0.3 is 19.9 Å². The number of benzene rings is 1. The van der Waals surface area contributed by atoms with Crippen LogP contribution in [0.5, 0.6) is 5.75 Å². The van der Waals surface area contributed by atoms with Crippen LogP contribution in [0.4, 0.5) is 0 Å². The number of likely N-dealkylation sites (tertiary alicyclic amines) is 1. The number of methoxy groups -OCH3 is 1. The van der Waals surface area contributed by atoms with Gasteiger partial charge in [0.25, 0.3) is 0 Å². The lowest BCUT2D eigenvalue weighted by Gasteiger charge is -2.29. The van der Waals surface area contributed by atoms with Gasteiger partial charge in [0, 0.05) is 39.5 Å². The largest absolute Gasteiger partial charge is 0.497 e. The van der Waals surface area contributed by atoms with Gasteiger partial charge in [0.05, 0.1) is 13.2 Å². The van der Waals surface area contributed by atoms with Crippen molar-refractivity contribution < 1.29 is 4.74 Å². The molecule has 0 spiro atoms. The van der Waals surface area contributed by atoms with E-state index < -0.39 is 0 Å². The van der Waals surface area contributed by atoms with E-state index in [0.29, 0.717) is 6.04 Å². The molecule has 1 aromatic heterocycles. The van der Waals surface area contributed by atoms with Crippen molar-refractivity contribution in [3.8, 4) is 5.75 Å². The van der Waals surface area contributed by atoms with Crippen molar-refractivity contribution in [2.24, 2.45) is 4.99 Å². The lowest BCUT2D eigenvalue weighted by Crippen LogP contribution is -2.43. The van der Waals surface area contributed by atoms with E-state index in [1.165, 1.54) is 37.7 Å². The predicted octanol–water partition coefficient (Wildman–Crippen LogP) is 3.18. The summed E-state index contributed by atoms with van der Waals surface area (Å²) < 4.78 is 7.65. The fraction of sp³-hybridized carbons (Fsp3) is 0.625. The first-order valence-corrected chi connectivity index (χ1v) is 12.0. The molecule has 3 heterocycles. The van der Waals surface area contributed by atoms with Crippen molar-refractivity contribution in [1.82, 2.24) is 30.3 Å². The Morgan fingerprint density at radius 2 is 1.79 bits per heavy atom. The van der Waals surface area contributed by atoms with E-state index in [9.17, 15) is 0 Å². The minimum absolute atomic E-state index is 0. The lowest BCUT2D eigenvalue weighted by molar-refractivity contribution is 0.245. The van der Waals surface area contributed by atoms with Crippen LogP contribution in [0.1, 0.15) is 55.4 Å². The number of nitrogens with one attached hydrogen (secondary N) is 2. The molecule has 182 valence electrons. The zero-order valence-corrected chi connectivity index (χ0v) is 22.3. The van der Waals surface area contributed by atoms with Gasteiger partial charge >= 0.3 is 0 Å². The van der Waals surface area contributed by atoms with Gasteiger partial charge in [-0.05, 0) is 56.5 Å². The van der Waals surface area contributed by atoms with E-state index in [2.05, 4.69) is 47.4 Å². The van der Waals surface area contributed by atoms with Gasteiger partial charge in [-0.3, -0.25) is 9.89 Å². The molecule has 0 saturated carbocycles. The number of guanidine groups is 1. The Balaban J connectivity index is 0.00000306. The first kappa shape index (κ1) is 25.7. The maximum absolute atomic E-state index is 5.34. The number of aliphatic imine (C=N–C) groups is 1. The highest BCUT2D eigenvalue weighted by molar-refractivity contribution is 14.0. The summed E-state index contributed by atoms with van der Waals surface area (Å²) in [5.41, 5.74) is 1.31. The Morgan fingerprint density at radius 3 is 2.52 bits per heavy atom. The summed E-state index contributed by atoms with van der Waals surface area (Å²) in [5.74, 6) is 3.95.